The fourth-order valence-corrected chi connectivity index (χ4v) is 1.74. The number of nitrogens with one attached hydrogen (secondary N) is 1. The Morgan fingerprint density at radius 2 is 1.78 bits per heavy atom. The van der Waals surface area contributed by atoms with Crippen molar-refractivity contribution in [2.45, 2.75) is 0 Å². The minimum absolute atomic E-state index is 0.440. The number of benzene rings is 2. The predicted molar refractivity (Wildman–Crippen MR) is 75.2 cm³/mol. The molecule has 0 fully saturated rings. The zero-order valence-corrected chi connectivity index (χ0v) is 10.8. The normalized spacial score (nSPS) is 9.89. The van der Waals surface area contributed by atoms with Crippen molar-refractivity contribution in [1.29, 1.82) is 0 Å². The van der Waals surface area contributed by atoms with Crippen LogP contribution in [0.2, 0.25) is 5.02 Å². The van der Waals surface area contributed by atoms with Crippen molar-refractivity contribution in [3.63, 3.8) is 0 Å². The highest BCUT2D eigenvalue weighted by molar-refractivity contribution is 6.38. The standard InChI is InChI=1S/C13H10Cl2N2O/c14-10-5-4-8-12(9-10)17(15)13(18)16-11-6-2-1-3-7-11/h1-9H,(H,16,18). The topological polar surface area (TPSA) is 32.3 Å². The second-order valence-corrected chi connectivity index (χ2v) is 4.33. The average Bonchev–Trinajstić information content (AvgIpc) is 2.39. The van der Waals surface area contributed by atoms with Crippen molar-refractivity contribution in [3.8, 4) is 0 Å². The van der Waals surface area contributed by atoms with Crippen molar-refractivity contribution in [2.24, 2.45) is 0 Å². The van der Waals surface area contributed by atoms with Gasteiger partial charge in [-0.05, 0) is 30.3 Å². The summed E-state index contributed by atoms with van der Waals surface area (Å²) in [6.45, 7) is 0. The summed E-state index contributed by atoms with van der Waals surface area (Å²) < 4.78 is 0.985. The highest BCUT2D eigenvalue weighted by Crippen LogP contribution is 2.22. The molecule has 5 heteroatoms. The molecule has 0 saturated carbocycles. The lowest BCUT2D eigenvalue weighted by Crippen LogP contribution is -2.26. The molecule has 0 aliphatic carbocycles. The fourth-order valence-electron chi connectivity index (χ4n) is 1.41. The van der Waals surface area contributed by atoms with E-state index in [1.807, 2.05) is 18.2 Å². The van der Waals surface area contributed by atoms with Gasteiger partial charge in [0.2, 0.25) is 0 Å². The third kappa shape index (κ3) is 3.15. The van der Waals surface area contributed by atoms with Crippen LogP contribution in [0.3, 0.4) is 0 Å². The molecular formula is C13H10Cl2N2O. The van der Waals surface area contributed by atoms with E-state index in [-0.39, 0.29) is 0 Å². The van der Waals surface area contributed by atoms with Gasteiger partial charge in [0.1, 0.15) is 0 Å². The first-order valence-corrected chi connectivity index (χ1v) is 5.96. The van der Waals surface area contributed by atoms with Crippen molar-refractivity contribution < 1.29 is 4.79 Å². The molecule has 0 aliphatic rings. The van der Waals surface area contributed by atoms with Crippen LogP contribution in [0.5, 0.6) is 0 Å². The van der Waals surface area contributed by atoms with Crippen LogP contribution in [-0.2, 0) is 0 Å². The van der Waals surface area contributed by atoms with Gasteiger partial charge in [-0.1, -0.05) is 35.9 Å². The predicted octanol–water partition coefficient (Wildman–Crippen LogP) is 4.53. The Labute approximate surface area is 115 Å². The van der Waals surface area contributed by atoms with Crippen molar-refractivity contribution in [2.75, 3.05) is 9.74 Å². The first-order valence-electron chi connectivity index (χ1n) is 5.24. The summed E-state index contributed by atoms with van der Waals surface area (Å²) in [5, 5.41) is 3.19. The summed E-state index contributed by atoms with van der Waals surface area (Å²) in [5.41, 5.74) is 1.19. The van der Waals surface area contributed by atoms with E-state index >= 15 is 0 Å². The van der Waals surface area contributed by atoms with Gasteiger partial charge in [0.25, 0.3) is 0 Å². The zero-order chi connectivity index (χ0) is 13.0. The van der Waals surface area contributed by atoms with Crippen LogP contribution in [0.4, 0.5) is 16.2 Å². The second kappa shape index (κ2) is 5.76. The first-order chi connectivity index (χ1) is 8.66. The highest BCUT2D eigenvalue weighted by Gasteiger charge is 2.13. The number of carbonyl (C=O) groups excluding carboxylic acids is 1. The molecular weight excluding hydrogens is 271 g/mol. The van der Waals surface area contributed by atoms with Crippen LogP contribution < -0.4 is 9.74 Å². The van der Waals surface area contributed by atoms with Gasteiger partial charge in [-0.2, -0.15) is 0 Å². The van der Waals surface area contributed by atoms with Gasteiger partial charge in [-0.15, -0.1) is 0 Å². The van der Waals surface area contributed by atoms with Crippen LogP contribution in [0.1, 0.15) is 0 Å². The number of anilines is 2. The Bertz CT molecular complexity index is 546. The molecule has 2 aromatic carbocycles. The van der Waals surface area contributed by atoms with Crippen LogP contribution in [-0.4, -0.2) is 6.03 Å². The Morgan fingerprint density at radius 1 is 1.06 bits per heavy atom. The van der Waals surface area contributed by atoms with Gasteiger partial charge in [-0.3, -0.25) is 0 Å². The van der Waals surface area contributed by atoms with Crippen LogP contribution in [0.25, 0.3) is 0 Å². The fraction of sp³-hybridized carbons (Fsp3) is 0. The monoisotopic (exact) mass is 280 g/mol. The number of para-hydroxylation sites is 1. The lowest BCUT2D eigenvalue weighted by atomic mass is 10.3. The molecule has 2 amide bonds. The molecule has 0 saturated heterocycles. The van der Waals surface area contributed by atoms with E-state index in [0.29, 0.717) is 16.4 Å². The van der Waals surface area contributed by atoms with Gasteiger partial charge < -0.3 is 5.32 Å². The summed E-state index contributed by atoms with van der Waals surface area (Å²) >= 11 is 11.8. The summed E-state index contributed by atoms with van der Waals surface area (Å²) in [6.07, 6.45) is 0. The summed E-state index contributed by atoms with van der Waals surface area (Å²) in [5.74, 6) is 0. The number of hydrogen-bond donors (Lipinski definition) is 1. The van der Waals surface area contributed by atoms with E-state index in [0.717, 1.165) is 4.42 Å². The number of halogens is 2. The summed E-state index contributed by atoms with van der Waals surface area (Å²) in [4.78, 5) is 11.9. The van der Waals surface area contributed by atoms with E-state index in [2.05, 4.69) is 5.32 Å². The molecule has 0 bridgehead atoms. The number of amides is 2. The van der Waals surface area contributed by atoms with Crippen LogP contribution in [0.15, 0.2) is 54.6 Å². The molecule has 0 aromatic heterocycles. The minimum atomic E-state index is -0.440. The maximum absolute atomic E-state index is 11.9. The SMILES string of the molecule is O=C(Nc1ccccc1)N(Cl)c1cccc(Cl)c1. The van der Waals surface area contributed by atoms with Gasteiger partial charge in [0, 0.05) is 22.5 Å². The third-order valence-electron chi connectivity index (χ3n) is 2.24. The van der Waals surface area contributed by atoms with Crippen molar-refractivity contribution >= 4 is 40.8 Å². The number of nitrogens with zero attached hydrogens (tertiary/aromatic N) is 1. The van der Waals surface area contributed by atoms with E-state index in [1.54, 1.807) is 36.4 Å². The second-order valence-electron chi connectivity index (χ2n) is 3.56. The largest absolute Gasteiger partial charge is 0.341 e. The van der Waals surface area contributed by atoms with Gasteiger partial charge >= 0.3 is 6.03 Å². The Kier molecular flexibility index (Phi) is 4.07. The van der Waals surface area contributed by atoms with Crippen molar-refractivity contribution in [3.05, 3.63) is 59.6 Å². The molecule has 0 unspecified atom stereocenters. The van der Waals surface area contributed by atoms with Gasteiger partial charge in [-0.25, -0.2) is 9.21 Å². The molecule has 0 radical (unpaired) electrons. The van der Waals surface area contributed by atoms with E-state index in [4.69, 9.17) is 23.4 Å². The highest BCUT2D eigenvalue weighted by atomic mass is 35.5. The average molecular weight is 281 g/mol. The minimum Gasteiger partial charge on any atom is -0.307 e. The molecule has 0 aliphatic heterocycles. The van der Waals surface area contributed by atoms with E-state index in [9.17, 15) is 4.79 Å². The summed E-state index contributed by atoms with van der Waals surface area (Å²) in [7, 11) is 0. The maximum Gasteiger partial charge on any atom is 0.341 e. The molecule has 92 valence electrons. The molecule has 0 atom stereocenters. The Morgan fingerprint density at radius 3 is 2.44 bits per heavy atom. The quantitative estimate of drug-likeness (QED) is 0.806. The van der Waals surface area contributed by atoms with Crippen LogP contribution >= 0.6 is 23.4 Å². The number of hydrogen-bond acceptors (Lipinski definition) is 1. The van der Waals surface area contributed by atoms with Gasteiger partial charge in [0.15, 0.2) is 0 Å². The Hall–Kier alpha value is -1.71. The van der Waals surface area contributed by atoms with E-state index < -0.39 is 6.03 Å². The molecule has 2 aromatic rings. The first kappa shape index (κ1) is 12.7. The smallest absolute Gasteiger partial charge is 0.307 e. The maximum atomic E-state index is 11.9. The summed E-state index contributed by atoms with van der Waals surface area (Å²) in [6, 6.07) is 15.4. The third-order valence-corrected chi connectivity index (χ3v) is 2.82. The molecule has 3 nitrogen and oxygen atoms in total. The molecule has 18 heavy (non-hydrogen) atoms. The molecule has 0 spiro atoms. The number of urea groups is 1. The zero-order valence-electron chi connectivity index (χ0n) is 9.31. The number of rotatable bonds is 2. The number of carbonyl (C=O) groups is 1. The van der Waals surface area contributed by atoms with Crippen molar-refractivity contribution in [1.82, 2.24) is 0 Å². The molecule has 2 rings (SSSR count). The van der Waals surface area contributed by atoms with Gasteiger partial charge in [0.05, 0.1) is 5.69 Å². The van der Waals surface area contributed by atoms with E-state index in [1.165, 1.54) is 0 Å². The lowest BCUT2D eigenvalue weighted by Gasteiger charge is -2.15. The molecule has 0 heterocycles. The molecule has 1 N–H and O–H groups in total. The lowest BCUT2D eigenvalue weighted by molar-refractivity contribution is 0.260. The Balaban J connectivity index is 2.10. The van der Waals surface area contributed by atoms with Crippen LogP contribution in [0, 0.1) is 0 Å².